The number of aliphatic carboxylic acids is 1. The smallest absolute Gasteiger partial charge is 0.323 e. The highest BCUT2D eigenvalue weighted by atomic mass is 35.5. The summed E-state index contributed by atoms with van der Waals surface area (Å²) in [7, 11) is 1.89. The Bertz CT molecular complexity index is 771. The Hall–Kier alpha value is -2.12. The molecule has 1 aliphatic heterocycles. The van der Waals surface area contributed by atoms with E-state index in [4.69, 9.17) is 21.4 Å². The van der Waals surface area contributed by atoms with E-state index in [1.807, 2.05) is 11.9 Å². The summed E-state index contributed by atoms with van der Waals surface area (Å²) in [6.07, 6.45) is 4.75. The first-order valence-corrected chi connectivity index (χ1v) is 7.63. The van der Waals surface area contributed by atoms with E-state index in [9.17, 15) is 4.79 Å². The van der Waals surface area contributed by atoms with Crippen LogP contribution in [0, 0.1) is 0 Å². The van der Waals surface area contributed by atoms with Crippen LogP contribution < -0.4 is 4.90 Å². The fourth-order valence-electron chi connectivity index (χ4n) is 2.70. The third-order valence-corrected chi connectivity index (χ3v) is 3.82. The number of hydrogen-bond acceptors (Lipinski definition) is 5. The second-order valence-electron chi connectivity index (χ2n) is 5.45. The number of carboxylic acid groups (broad SMARTS) is 1. The molecular formula is C15H17ClN4O3. The summed E-state index contributed by atoms with van der Waals surface area (Å²) in [5.41, 5.74) is 2.46. The highest BCUT2D eigenvalue weighted by molar-refractivity contribution is 6.28. The Morgan fingerprint density at radius 2 is 2.35 bits per heavy atom. The molecule has 7 nitrogen and oxygen atoms in total. The van der Waals surface area contributed by atoms with Crippen molar-refractivity contribution in [3.63, 3.8) is 0 Å². The number of rotatable bonds is 5. The molecule has 0 atom stereocenters. The molecule has 0 amide bonds. The van der Waals surface area contributed by atoms with Crippen LogP contribution in [-0.4, -0.2) is 52.4 Å². The summed E-state index contributed by atoms with van der Waals surface area (Å²) in [6.45, 7) is 1.84. The molecule has 0 unspecified atom stereocenters. The molecule has 0 saturated carbocycles. The molecule has 0 bridgehead atoms. The van der Waals surface area contributed by atoms with E-state index in [0.29, 0.717) is 30.0 Å². The van der Waals surface area contributed by atoms with Gasteiger partial charge in [0.05, 0.1) is 18.7 Å². The van der Waals surface area contributed by atoms with Gasteiger partial charge in [-0.2, -0.15) is 4.98 Å². The van der Waals surface area contributed by atoms with Crippen LogP contribution in [0.1, 0.15) is 6.42 Å². The van der Waals surface area contributed by atoms with E-state index in [2.05, 4.69) is 16.0 Å². The van der Waals surface area contributed by atoms with Crippen molar-refractivity contribution in [1.82, 2.24) is 14.5 Å². The maximum Gasteiger partial charge on any atom is 0.323 e. The van der Waals surface area contributed by atoms with Gasteiger partial charge >= 0.3 is 5.97 Å². The summed E-state index contributed by atoms with van der Waals surface area (Å²) in [6, 6.07) is 1.74. The SMILES string of the molecule is CN(CC1=CCCOC1)c1nc(Cl)nc2ccn(CC(=O)O)c12. The van der Waals surface area contributed by atoms with Gasteiger partial charge in [-0.15, -0.1) is 0 Å². The molecule has 8 heteroatoms. The minimum Gasteiger partial charge on any atom is -0.480 e. The zero-order chi connectivity index (χ0) is 16.4. The molecule has 3 rings (SSSR count). The molecule has 23 heavy (non-hydrogen) atoms. The lowest BCUT2D eigenvalue weighted by molar-refractivity contribution is -0.137. The van der Waals surface area contributed by atoms with E-state index in [0.717, 1.165) is 18.6 Å². The molecule has 1 aliphatic rings. The predicted molar refractivity (Wildman–Crippen MR) is 87.0 cm³/mol. The summed E-state index contributed by atoms with van der Waals surface area (Å²) in [5, 5.41) is 9.20. The molecule has 0 fully saturated rings. The van der Waals surface area contributed by atoms with Gasteiger partial charge in [-0.1, -0.05) is 6.08 Å². The van der Waals surface area contributed by atoms with Gasteiger partial charge in [0.1, 0.15) is 12.1 Å². The molecule has 0 aromatic carbocycles. The molecule has 1 N–H and O–H groups in total. The molecule has 2 aromatic heterocycles. The molecule has 2 aromatic rings. The van der Waals surface area contributed by atoms with Gasteiger partial charge in [-0.25, -0.2) is 4.98 Å². The Morgan fingerprint density at radius 1 is 1.52 bits per heavy atom. The van der Waals surface area contributed by atoms with Crippen molar-refractivity contribution in [2.75, 3.05) is 31.7 Å². The number of carboxylic acids is 1. The van der Waals surface area contributed by atoms with Crippen LogP contribution in [0.2, 0.25) is 5.28 Å². The lowest BCUT2D eigenvalue weighted by atomic mass is 10.2. The van der Waals surface area contributed by atoms with Crippen LogP contribution in [0.15, 0.2) is 23.9 Å². The molecule has 0 aliphatic carbocycles. The maximum atomic E-state index is 11.0. The third kappa shape index (κ3) is 3.46. The number of ether oxygens (including phenoxy) is 1. The quantitative estimate of drug-likeness (QED) is 0.664. The van der Waals surface area contributed by atoms with Crippen LogP contribution in [0.25, 0.3) is 11.0 Å². The summed E-state index contributed by atoms with van der Waals surface area (Å²) >= 11 is 6.01. The topological polar surface area (TPSA) is 80.5 Å². The summed E-state index contributed by atoms with van der Waals surface area (Å²) in [5.74, 6) is -0.313. The minimum absolute atomic E-state index is 0.140. The zero-order valence-corrected chi connectivity index (χ0v) is 13.5. The van der Waals surface area contributed by atoms with Gasteiger partial charge in [0.2, 0.25) is 5.28 Å². The first-order chi connectivity index (χ1) is 11.0. The Balaban J connectivity index is 1.98. The second-order valence-corrected chi connectivity index (χ2v) is 5.79. The fourth-order valence-corrected chi connectivity index (χ4v) is 2.87. The highest BCUT2D eigenvalue weighted by Crippen LogP contribution is 2.26. The van der Waals surface area contributed by atoms with Crippen LogP contribution in [-0.2, 0) is 16.1 Å². The number of hydrogen-bond donors (Lipinski definition) is 1. The molecule has 3 heterocycles. The molecule has 0 saturated heterocycles. The predicted octanol–water partition coefficient (Wildman–Crippen LogP) is 1.95. The van der Waals surface area contributed by atoms with E-state index in [-0.39, 0.29) is 11.8 Å². The van der Waals surface area contributed by atoms with Gasteiger partial charge in [0.15, 0.2) is 5.82 Å². The van der Waals surface area contributed by atoms with Crippen LogP contribution in [0.3, 0.4) is 0 Å². The van der Waals surface area contributed by atoms with E-state index < -0.39 is 5.97 Å². The average Bonchev–Trinajstić information content (AvgIpc) is 2.89. The van der Waals surface area contributed by atoms with Crippen LogP contribution in [0.4, 0.5) is 5.82 Å². The zero-order valence-electron chi connectivity index (χ0n) is 12.7. The van der Waals surface area contributed by atoms with Crippen molar-refractivity contribution < 1.29 is 14.6 Å². The van der Waals surface area contributed by atoms with Crippen molar-refractivity contribution in [3.8, 4) is 0 Å². The number of fused-ring (bicyclic) bond motifs is 1. The Labute approximate surface area is 138 Å². The normalized spacial score (nSPS) is 14.8. The number of halogens is 1. The monoisotopic (exact) mass is 336 g/mol. The van der Waals surface area contributed by atoms with Crippen molar-refractivity contribution in [2.24, 2.45) is 0 Å². The number of aromatic nitrogens is 3. The van der Waals surface area contributed by atoms with Crippen LogP contribution in [0.5, 0.6) is 0 Å². The minimum atomic E-state index is -0.922. The van der Waals surface area contributed by atoms with Gasteiger partial charge < -0.3 is 19.3 Å². The summed E-state index contributed by atoms with van der Waals surface area (Å²) < 4.78 is 7.07. The van der Waals surface area contributed by atoms with Crippen molar-refractivity contribution in [1.29, 1.82) is 0 Å². The average molecular weight is 337 g/mol. The third-order valence-electron chi connectivity index (χ3n) is 3.65. The van der Waals surface area contributed by atoms with Crippen molar-refractivity contribution in [2.45, 2.75) is 13.0 Å². The van der Waals surface area contributed by atoms with E-state index >= 15 is 0 Å². The lowest BCUT2D eigenvalue weighted by Crippen LogP contribution is -2.25. The standard InChI is InChI=1S/C15H17ClN4O3/c1-19(7-10-3-2-6-23-9-10)14-13-11(17-15(16)18-14)4-5-20(13)8-12(21)22/h3-5H,2,6-9H2,1H3,(H,21,22). The van der Waals surface area contributed by atoms with E-state index in [1.165, 1.54) is 0 Å². The molecule has 0 spiro atoms. The number of likely N-dealkylation sites (N-methyl/N-ethyl adjacent to an activating group) is 1. The lowest BCUT2D eigenvalue weighted by Gasteiger charge is -2.23. The summed E-state index contributed by atoms with van der Waals surface area (Å²) in [4.78, 5) is 21.5. The number of carbonyl (C=O) groups is 1. The maximum absolute atomic E-state index is 11.0. The highest BCUT2D eigenvalue weighted by Gasteiger charge is 2.17. The van der Waals surface area contributed by atoms with E-state index in [1.54, 1.807) is 16.8 Å². The Kier molecular flexibility index (Phi) is 4.49. The fraction of sp³-hybridized carbons (Fsp3) is 0.400. The largest absolute Gasteiger partial charge is 0.480 e. The molecule has 122 valence electrons. The van der Waals surface area contributed by atoms with Gasteiger partial charge in [0.25, 0.3) is 0 Å². The van der Waals surface area contributed by atoms with Gasteiger partial charge in [-0.3, -0.25) is 4.79 Å². The van der Waals surface area contributed by atoms with Crippen molar-refractivity contribution in [3.05, 3.63) is 29.2 Å². The first-order valence-electron chi connectivity index (χ1n) is 7.25. The van der Waals surface area contributed by atoms with Gasteiger partial charge in [0, 0.05) is 19.8 Å². The van der Waals surface area contributed by atoms with Crippen LogP contribution >= 0.6 is 11.6 Å². The Morgan fingerprint density at radius 3 is 3.04 bits per heavy atom. The van der Waals surface area contributed by atoms with Crippen molar-refractivity contribution >= 4 is 34.4 Å². The van der Waals surface area contributed by atoms with Gasteiger partial charge in [-0.05, 0) is 29.7 Å². The molecule has 0 radical (unpaired) electrons. The first kappa shape index (κ1) is 15.8. The number of nitrogens with zero attached hydrogens (tertiary/aromatic N) is 4. The molecular weight excluding hydrogens is 320 g/mol. The number of anilines is 1. The second kappa shape index (κ2) is 6.55.